The van der Waals surface area contributed by atoms with Crippen LogP contribution in [-0.4, -0.2) is 28.0 Å². The molecule has 1 heterocycles. The van der Waals surface area contributed by atoms with E-state index in [0.29, 0.717) is 5.69 Å². The Kier molecular flexibility index (Phi) is 3.05. The Hall–Kier alpha value is -1.23. The van der Waals surface area contributed by atoms with Crippen molar-refractivity contribution in [3.63, 3.8) is 0 Å². The number of nitrogens with two attached hydrogens (primary N) is 1. The summed E-state index contributed by atoms with van der Waals surface area (Å²) in [6, 6.07) is 0. The number of rotatable bonds is 4. The lowest BCUT2D eigenvalue weighted by molar-refractivity contribution is 0.142. The fourth-order valence-electron chi connectivity index (χ4n) is 2.43. The Balaban J connectivity index is 1.98. The Bertz CT molecular complexity index is 355. The average molecular weight is 224 g/mol. The average Bonchev–Trinajstić information content (AvgIpc) is 2.84. The first-order chi connectivity index (χ1) is 7.65. The lowest BCUT2D eigenvalue weighted by Crippen LogP contribution is -2.30. The van der Waals surface area contributed by atoms with Gasteiger partial charge < -0.3 is 16.2 Å². The number of nitrogens with one attached hydrogen (secondary N) is 1. The van der Waals surface area contributed by atoms with E-state index in [2.05, 4.69) is 10.4 Å². The van der Waals surface area contributed by atoms with E-state index < -0.39 is 0 Å². The van der Waals surface area contributed by atoms with Gasteiger partial charge in [0.2, 0.25) is 0 Å². The Morgan fingerprint density at radius 1 is 1.56 bits per heavy atom. The van der Waals surface area contributed by atoms with Gasteiger partial charge in [-0.15, -0.1) is 0 Å². The fraction of sp³-hybridized carbons (Fsp3) is 0.727. The molecule has 0 aromatic carbocycles. The van der Waals surface area contributed by atoms with Gasteiger partial charge in [-0.05, 0) is 12.8 Å². The van der Waals surface area contributed by atoms with E-state index in [9.17, 15) is 5.11 Å². The molecule has 0 amide bonds. The van der Waals surface area contributed by atoms with E-state index in [1.807, 2.05) is 7.05 Å². The van der Waals surface area contributed by atoms with Crippen molar-refractivity contribution >= 4 is 11.5 Å². The van der Waals surface area contributed by atoms with E-state index in [0.717, 1.165) is 25.2 Å². The molecular weight excluding hydrogens is 204 g/mol. The summed E-state index contributed by atoms with van der Waals surface area (Å²) in [5.74, 6) is 0.724. The minimum Gasteiger partial charge on any atom is -0.396 e. The van der Waals surface area contributed by atoms with Gasteiger partial charge in [0.05, 0.1) is 12.3 Å². The van der Waals surface area contributed by atoms with Crippen molar-refractivity contribution < 1.29 is 5.11 Å². The van der Waals surface area contributed by atoms with Crippen LogP contribution in [0.25, 0.3) is 0 Å². The van der Waals surface area contributed by atoms with Gasteiger partial charge >= 0.3 is 0 Å². The number of anilines is 2. The number of aliphatic hydroxyl groups excluding tert-OH is 1. The molecule has 1 aliphatic carbocycles. The van der Waals surface area contributed by atoms with E-state index >= 15 is 0 Å². The van der Waals surface area contributed by atoms with E-state index in [1.54, 1.807) is 10.9 Å². The van der Waals surface area contributed by atoms with Crippen LogP contribution < -0.4 is 11.1 Å². The summed E-state index contributed by atoms with van der Waals surface area (Å²) < 4.78 is 1.69. The first-order valence-electron chi connectivity index (χ1n) is 5.79. The molecule has 2 rings (SSSR count). The maximum atomic E-state index is 9.47. The van der Waals surface area contributed by atoms with E-state index in [4.69, 9.17) is 5.73 Å². The highest BCUT2D eigenvalue weighted by Gasteiger charge is 2.33. The smallest absolute Gasteiger partial charge is 0.171 e. The van der Waals surface area contributed by atoms with Crippen molar-refractivity contribution in [3.05, 3.63) is 6.20 Å². The summed E-state index contributed by atoms with van der Waals surface area (Å²) in [5, 5.41) is 17.0. The third kappa shape index (κ3) is 2.14. The summed E-state index contributed by atoms with van der Waals surface area (Å²) in [4.78, 5) is 0. The number of hydrogen-bond acceptors (Lipinski definition) is 4. The molecule has 1 aromatic rings. The van der Waals surface area contributed by atoms with Crippen LogP contribution >= 0.6 is 0 Å². The molecule has 5 nitrogen and oxygen atoms in total. The molecule has 0 bridgehead atoms. The number of aromatic nitrogens is 2. The molecule has 5 heteroatoms. The van der Waals surface area contributed by atoms with Gasteiger partial charge in [-0.1, -0.05) is 12.8 Å². The summed E-state index contributed by atoms with van der Waals surface area (Å²) in [6.45, 7) is 0.997. The first-order valence-corrected chi connectivity index (χ1v) is 5.79. The predicted octanol–water partition coefficient (Wildman–Crippen LogP) is 0.967. The number of aryl methyl sites for hydroxylation is 1. The zero-order valence-electron chi connectivity index (χ0n) is 9.74. The second-order valence-corrected chi connectivity index (χ2v) is 4.83. The largest absolute Gasteiger partial charge is 0.396 e. The van der Waals surface area contributed by atoms with Crippen LogP contribution in [0.3, 0.4) is 0 Å². The second-order valence-electron chi connectivity index (χ2n) is 4.83. The van der Waals surface area contributed by atoms with Crippen molar-refractivity contribution in [2.24, 2.45) is 12.5 Å². The molecule has 0 atom stereocenters. The maximum absolute atomic E-state index is 9.47. The van der Waals surface area contributed by atoms with Crippen LogP contribution in [0.5, 0.6) is 0 Å². The third-order valence-electron chi connectivity index (χ3n) is 3.49. The summed E-state index contributed by atoms with van der Waals surface area (Å²) >= 11 is 0. The van der Waals surface area contributed by atoms with Gasteiger partial charge in [0.25, 0.3) is 0 Å². The molecule has 1 aromatic heterocycles. The second kappa shape index (κ2) is 4.33. The quantitative estimate of drug-likeness (QED) is 0.712. The Morgan fingerprint density at radius 2 is 2.25 bits per heavy atom. The standard InChI is InChI=1S/C11H20N4O/c1-15-6-9(12)10(14-15)13-7-11(8-16)4-2-3-5-11/h6,16H,2-5,7-8,12H2,1H3,(H,13,14). The van der Waals surface area contributed by atoms with Gasteiger partial charge in [-0.2, -0.15) is 5.10 Å². The minimum atomic E-state index is 0.0317. The first kappa shape index (κ1) is 11.3. The van der Waals surface area contributed by atoms with Gasteiger partial charge in [0.15, 0.2) is 5.82 Å². The monoisotopic (exact) mass is 224 g/mol. The third-order valence-corrected chi connectivity index (χ3v) is 3.49. The Labute approximate surface area is 95.6 Å². The van der Waals surface area contributed by atoms with Crippen LogP contribution in [0.15, 0.2) is 6.20 Å². The van der Waals surface area contributed by atoms with Crippen LogP contribution in [0.1, 0.15) is 25.7 Å². The normalized spacial score (nSPS) is 18.9. The molecule has 4 N–H and O–H groups in total. The van der Waals surface area contributed by atoms with Crippen molar-refractivity contribution in [1.29, 1.82) is 0 Å². The van der Waals surface area contributed by atoms with Crippen LogP contribution in [0.4, 0.5) is 11.5 Å². The number of nitrogen functional groups attached to an aromatic ring is 1. The van der Waals surface area contributed by atoms with Crippen molar-refractivity contribution in [2.45, 2.75) is 25.7 Å². The van der Waals surface area contributed by atoms with Gasteiger partial charge in [-0.3, -0.25) is 4.68 Å². The number of nitrogens with zero attached hydrogens (tertiary/aromatic N) is 2. The molecule has 1 fully saturated rings. The number of hydrogen-bond donors (Lipinski definition) is 3. The molecular formula is C11H20N4O. The fourth-order valence-corrected chi connectivity index (χ4v) is 2.43. The lowest BCUT2D eigenvalue weighted by Gasteiger charge is -2.26. The van der Waals surface area contributed by atoms with Crippen LogP contribution in [0.2, 0.25) is 0 Å². The molecule has 0 aliphatic heterocycles. The molecule has 0 spiro atoms. The summed E-state index contributed by atoms with van der Waals surface area (Å²) in [5.41, 5.74) is 6.49. The highest BCUT2D eigenvalue weighted by Crippen LogP contribution is 2.37. The highest BCUT2D eigenvalue weighted by atomic mass is 16.3. The zero-order valence-corrected chi connectivity index (χ0v) is 9.74. The minimum absolute atomic E-state index is 0.0317. The molecule has 90 valence electrons. The maximum Gasteiger partial charge on any atom is 0.171 e. The summed E-state index contributed by atoms with van der Waals surface area (Å²) in [7, 11) is 1.85. The predicted molar refractivity (Wildman–Crippen MR) is 64.1 cm³/mol. The van der Waals surface area contributed by atoms with Crippen molar-refractivity contribution in [1.82, 2.24) is 9.78 Å². The SMILES string of the molecule is Cn1cc(N)c(NCC2(CO)CCCC2)n1. The van der Waals surface area contributed by atoms with Crippen molar-refractivity contribution in [3.8, 4) is 0 Å². The molecule has 1 saturated carbocycles. The molecule has 0 radical (unpaired) electrons. The van der Waals surface area contributed by atoms with Gasteiger partial charge in [0.1, 0.15) is 0 Å². The number of aliphatic hydroxyl groups is 1. The van der Waals surface area contributed by atoms with Crippen molar-refractivity contribution in [2.75, 3.05) is 24.2 Å². The van der Waals surface area contributed by atoms with Crippen LogP contribution in [-0.2, 0) is 7.05 Å². The lowest BCUT2D eigenvalue weighted by atomic mass is 9.87. The molecule has 0 saturated heterocycles. The van der Waals surface area contributed by atoms with E-state index in [1.165, 1.54) is 12.8 Å². The molecule has 16 heavy (non-hydrogen) atoms. The Morgan fingerprint density at radius 3 is 2.75 bits per heavy atom. The zero-order chi connectivity index (χ0) is 11.6. The highest BCUT2D eigenvalue weighted by molar-refractivity contribution is 5.59. The molecule has 1 aliphatic rings. The summed E-state index contributed by atoms with van der Waals surface area (Å²) in [6.07, 6.45) is 6.37. The van der Waals surface area contributed by atoms with Gasteiger partial charge in [-0.25, -0.2) is 0 Å². The molecule has 0 unspecified atom stereocenters. The van der Waals surface area contributed by atoms with Gasteiger partial charge in [0, 0.05) is 25.2 Å². The van der Waals surface area contributed by atoms with E-state index in [-0.39, 0.29) is 12.0 Å². The van der Waals surface area contributed by atoms with Crippen LogP contribution in [0, 0.1) is 5.41 Å². The topological polar surface area (TPSA) is 76.1 Å².